The number of nitrogens with one attached hydrogen (secondary N) is 1. The summed E-state index contributed by atoms with van der Waals surface area (Å²) in [5, 5.41) is 3.40. The molecule has 0 aliphatic rings. The lowest BCUT2D eigenvalue weighted by molar-refractivity contribution is -0.142. The molecule has 0 unspecified atom stereocenters. The van der Waals surface area contributed by atoms with Gasteiger partial charge >= 0.3 is 0 Å². The van der Waals surface area contributed by atoms with E-state index in [1.54, 1.807) is 32.2 Å². The summed E-state index contributed by atoms with van der Waals surface area (Å²) in [4.78, 5) is 27.1. The quantitative estimate of drug-likeness (QED) is 0.527. The minimum Gasteiger partial charge on any atom is -0.497 e. The average molecular weight is 498 g/mol. The van der Waals surface area contributed by atoms with Crippen molar-refractivity contribution in [2.75, 3.05) is 20.3 Å². The maximum Gasteiger partial charge on any atom is 0.261 e. The van der Waals surface area contributed by atoms with E-state index in [0.29, 0.717) is 27.5 Å². The lowest BCUT2D eigenvalue weighted by atomic mass is 10.1. The largest absolute Gasteiger partial charge is 0.497 e. The van der Waals surface area contributed by atoms with Gasteiger partial charge in [-0.25, -0.2) is 0 Å². The van der Waals surface area contributed by atoms with E-state index >= 15 is 0 Å². The normalized spacial score (nSPS) is 11.5. The minimum absolute atomic E-state index is 0.208. The molecule has 0 radical (unpaired) electrons. The van der Waals surface area contributed by atoms with Crippen LogP contribution in [0.1, 0.15) is 25.8 Å². The number of hydrogen-bond acceptors (Lipinski definition) is 4. The second-order valence-electron chi connectivity index (χ2n) is 6.70. The van der Waals surface area contributed by atoms with Gasteiger partial charge in [-0.15, -0.1) is 0 Å². The second-order valence-corrected chi connectivity index (χ2v) is 7.99. The molecule has 1 N–H and O–H groups in total. The number of benzene rings is 2. The van der Waals surface area contributed by atoms with E-state index in [1.807, 2.05) is 31.2 Å². The van der Waals surface area contributed by atoms with Crippen molar-refractivity contribution in [1.29, 1.82) is 0 Å². The van der Waals surface area contributed by atoms with Crippen LogP contribution in [0.25, 0.3) is 0 Å². The first kappa shape index (κ1) is 24.0. The van der Waals surface area contributed by atoms with Crippen LogP contribution in [0.5, 0.6) is 11.5 Å². The Balaban J connectivity index is 2.17. The number of amides is 2. The van der Waals surface area contributed by atoms with Gasteiger partial charge in [-0.05, 0) is 65.2 Å². The summed E-state index contributed by atoms with van der Waals surface area (Å²) in [6.45, 7) is 4.28. The zero-order valence-corrected chi connectivity index (χ0v) is 19.6. The van der Waals surface area contributed by atoms with Crippen molar-refractivity contribution in [2.45, 2.75) is 32.9 Å². The van der Waals surface area contributed by atoms with Crippen molar-refractivity contribution in [3.8, 4) is 11.5 Å². The number of nitrogens with zero attached hydrogens (tertiary/aromatic N) is 1. The highest BCUT2D eigenvalue weighted by Crippen LogP contribution is 2.28. The van der Waals surface area contributed by atoms with Crippen LogP contribution in [0.15, 0.2) is 46.9 Å². The zero-order chi connectivity index (χ0) is 22.1. The standard InChI is InChI=1S/C22H26BrClN2O4/c1-4-10-25-22(28)15(2)26(13-16-6-5-7-18(11-16)29-3)21(27)14-30-20-9-8-17(24)12-19(20)23/h5-9,11-12,15H,4,10,13-14H2,1-3H3,(H,25,28)/t15-/m0/s1. The van der Waals surface area contributed by atoms with Crippen molar-refractivity contribution in [1.82, 2.24) is 10.2 Å². The third kappa shape index (κ3) is 6.92. The van der Waals surface area contributed by atoms with Gasteiger partial charge < -0.3 is 19.7 Å². The Morgan fingerprint density at radius 1 is 1.23 bits per heavy atom. The Morgan fingerprint density at radius 2 is 2.00 bits per heavy atom. The van der Waals surface area contributed by atoms with Gasteiger partial charge in [-0.2, -0.15) is 0 Å². The monoisotopic (exact) mass is 496 g/mol. The van der Waals surface area contributed by atoms with E-state index in [0.717, 1.165) is 12.0 Å². The number of halogens is 2. The molecular formula is C22H26BrClN2O4. The van der Waals surface area contributed by atoms with Crippen molar-refractivity contribution >= 4 is 39.3 Å². The van der Waals surface area contributed by atoms with Gasteiger partial charge in [0, 0.05) is 18.1 Å². The molecule has 0 aliphatic heterocycles. The highest BCUT2D eigenvalue weighted by atomic mass is 79.9. The first-order valence-electron chi connectivity index (χ1n) is 9.63. The molecule has 0 spiro atoms. The molecule has 2 rings (SSSR count). The Hall–Kier alpha value is -2.25. The van der Waals surface area contributed by atoms with Gasteiger partial charge in [-0.3, -0.25) is 9.59 Å². The molecule has 0 bridgehead atoms. The molecule has 30 heavy (non-hydrogen) atoms. The van der Waals surface area contributed by atoms with Crippen molar-refractivity contribution in [3.63, 3.8) is 0 Å². The van der Waals surface area contributed by atoms with Crippen LogP contribution >= 0.6 is 27.5 Å². The molecule has 162 valence electrons. The van der Waals surface area contributed by atoms with Crippen LogP contribution in [-0.4, -0.2) is 43.0 Å². The van der Waals surface area contributed by atoms with Crippen LogP contribution in [0.3, 0.4) is 0 Å². The van der Waals surface area contributed by atoms with Gasteiger partial charge in [-0.1, -0.05) is 30.7 Å². The highest BCUT2D eigenvalue weighted by molar-refractivity contribution is 9.10. The summed E-state index contributed by atoms with van der Waals surface area (Å²) in [7, 11) is 1.58. The lowest BCUT2D eigenvalue weighted by Crippen LogP contribution is -2.49. The van der Waals surface area contributed by atoms with Crippen LogP contribution in [0, 0.1) is 0 Å². The average Bonchev–Trinajstić information content (AvgIpc) is 2.74. The number of methoxy groups -OCH3 is 1. The third-order valence-corrected chi connectivity index (χ3v) is 5.30. The van der Waals surface area contributed by atoms with E-state index < -0.39 is 6.04 Å². The Morgan fingerprint density at radius 3 is 2.67 bits per heavy atom. The van der Waals surface area contributed by atoms with Crippen LogP contribution in [0.4, 0.5) is 0 Å². The molecule has 0 fully saturated rings. The molecule has 0 saturated carbocycles. The van der Waals surface area contributed by atoms with E-state index in [2.05, 4.69) is 21.2 Å². The first-order valence-corrected chi connectivity index (χ1v) is 10.8. The first-order chi connectivity index (χ1) is 14.3. The second kappa shape index (κ2) is 11.8. The number of carbonyl (C=O) groups excluding carboxylic acids is 2. The van der Waals surface area contributed by atoms with Gasteiger partial charge in [0.15, 0.2) is 6.61 Å². The van der Waals surface area contributed by atoms with Crippen molar-refractivity contribution < 1.29 is 19.1 Å². The Labute approximate surface area is 190 Å². The molecule has 0 heterocycles. The molecule has 0 aliphatic carbocycles. The summed E-state index contributed by atoms with van der Waals surface area (Å²) >= 11 is 9.32. The van der Waals surface area contributed by atoms with Gasteiger partial charge in [0.05, 0.1) is 11.6 Å². The van der Waals surface area contributed by atoms with Gasteiger partial charge in [0.1, 0.15) is 17.5 Å². The predicted molar refractivity (Wildman–Crippen MR) is 121 cm³/mol. The van der Waals surface area contributed by atoms with Crippen LogP contribution in [0.2, 0.25) is 5.02 Å². The molecule has 1 atom stereocenters. The summed E-state index contributed by atoms with van der Waals surface area (Å²) in [5.74, 6) is 0.668. The zero-order valence-electron chi connectivity index (χ0n) is 17.3. The van der Waals surface area contributed by atoms with E-state index in [4.69, 9.17) is 21.1 Å². The molecule has 8 heteroatoms. The number of carbonyl (C=O) groups is 2. The summed E-state index contributed by atoms with van der Waals surface area (Å²) in [5.41, 5.74) is 0.852. The molecule has 2 aromatic rings. The van der Waals surface area contributed by atoms with E-state index in [-0.39, 0.29) is 25.0 Å². The number of ether oxygens (including phenoxy) is 2. The van der Waals surface area contributed by atoms with Crippen molar-refractivity contribution in [3.05, 3.63) is 57.5 Å². The Bertz CT molecular complexity index is 878. The number of hydrogen-bond donors (Lipinski definition) is 1. The fourth-order valence-corrected chi connectivity index (χ4v) is 3.56. The van der Waals surface area contributed by atoms with Crippen LogP contribution in [-0.2, 0) is 16.1 Å². The highest BCUT2D eigenvalue weighted by Gasteiger charge is 2.26. The lowest BCUT2D eigenvalue weighted by Gasteiger charge is -2.29. The minimum atomic E-state index is -0.660. The van der Waals surface area contributed by atoms with Gasteiger partial charge in [0.25, 0.3) is 5.91 Å². The molecular weight excluding hydrogens is 472 g/mol. The molecule has 2 amide bonds. The smallest absolute Gasteiger partial charge is 0.261 e. The van der Waals surface area contributed by atoms with Gasteiger partial charge in [0.2, 0.25) is 5.91 Å². The molecule has 2 aromatic carbocycles. The maximum atomic E-state index is 13.0. The van der Waals surface area contributed by atoms with E-state index in [1.165, 1.54) is 4.90 Å². The summed E-state index contributed by atoms with van der Waals surface area (Å²) in [6, 6.07) is 11.8. The van der Waals surface area contributed by atoms with Crippen LogP contribution < -0.4 is 14.8 Å². The fraction of sp³-hybridized carbons (Fsp3) is 0.364. The maximum absolute atomic E-state index is 13.0. The summed E-state index contributed by atoms with van der Waals surface area (Å²) < 4.78 is 11.6. The Kier molecular flexibility index (Phi) is 9.46. The molecule has 6 nitrogen and oxygen atoms in total. The topological polar surface area (TPSA) is 67.9 Å². The summed E-state index contributed by atoms with van der Waals surface area (Å²) in [6.07, 6.45) is 0.815. The van der Waals surface area contributed by atoms with Crippen molar-refractivity contribution in [2.24, 2.45) is 0 Å². The van der Waals surface area contributed by atoms with E-state index in [9.17, 15) is 9.59 Å². The SMILES string of the molecule is CCCNC(=O)[C@H](C)N(Cc1cccc(OC)c1)C(=O)COc1ccc(Cl)cc1Br. The predicted octanol–water partition coefficient (Wildman–Crippen LogP) is 4.43. The molecule has 0 aromatic heterocycles. The molecule has 0 saturated heterocycles. The number of rotatable bonds is 10. The fourth-order valence-electron chi connectivity index (χ4n) is 2.76. The third-order valence-electron chi connectivity index (χ3n) is 4.45.